The van der Waals surface area contributed by atoms with Crippen molar-refractivity contribution in [3.8, 4) is 0 Å². The quantitative estimate of drug-likeness (QED) is 0.686. The van der Waals surface area contributed by atoms with Gasteiger partial charge in [0.1, 0.15) is 0 Å². The maximum atomic E-state index is 2.44. The number of hydrogen-bond acceptors (Lipinski definition) is 1. The molecule has 0 unspecified atom stereocenters. The highest BCUT2D eigenvalue weighted by molar-refractivity contribution is 14.1. The van der Waals surface area contributed by atoms with Crippen LogP contribution in [-0.2, 0) is 6.42 Å². The van der Waals surface area contributed by atoms with Crippen LogP contribution in [0.5, 0.6) is 0 Å². The third-order valence-corrected chi connectivity index (χ3v) is 4.28. The number of benzene rings is 1. The molecule has 0 nitrogen and oxygen atoms in total. The molecule has 2 aromatic rings. The van der Waals surface area contributed by atoms with Gasteiger partial charge in [0.25, 0.3) is 0 Å². The summed E-state index contributed by atoms with van der Waals surface area (Å²) < 4.78 is 2.83. The Morgan fingerprint density at radius 2 is 2.23 bits per heavy atom. The Balaban J connectivity index is 2.85. The van der Waals surface area contributed by atoms with Gasteiger partial charge in [-0.3, -0.25) is 0 Å². The summed E-state index contributed by atoms with van der Waals surface area (Å²) in [7, 11) is 0. The first-order chi connectivity index (χ1) is 6.24. The lowest BCUT2D eigenvalue weighted by atomic mass is 10.0. The van der Waals surface area contributed by atoms with Gasteiger partial charge in [-0.05, 0) is 70.0 Å². The lowest BCUT2D eigenvalue weighted by molar-refractivity contribution is 1.11. The van der Waals surface area contributed by atoms with Gasteiger partial charge in [-0.15, -0.1) is 11.3 Å². The van der Waals surface area contributed by atoms with Crippen LogP contribution in [0, 0.1) is 10.5 Å². The molecule has 0 bridgehead atoms. The summed E-state index contributed by atoms with van der Waals surface area (Å²) in [6.45, 7) is 4.46. The molecule has 1 aromatic carbocycles. The van der Waals surface area contributed by atoms with Crippen molar-refractivity contribution >= 4 is 44.0 Å². The average Bonchev–Trinajstić information content (AvgIpc) is 2.53. The largest absolute Gasteiger partial charge is 0.144 e. The van der Waals surface area contributed by atoms with Gasteiger partial charge in [-0.1, -0.05) is 6.92 Å². The van der Waals surface area contributed by atoms with E-state index in [9.17, 15) is 0 Å². The summed E-state index contributed by atoms with van der Waals surface area (Å²) in [5.41, 5.74) is 2.97. The van der Waals surface area contributed by atoms with Crippen molar-refractivity contribution in [3.05, 3.63) is 32.2 Å². The molecule has 0 aliphatic rings. The number of aryl methyl sites for hydroxylation is 1. The van der Waals surface area contributed by atoms with E-state index in [-0.39, 0.29) is 0 Å². The van der Waals surface area contributed by atoms with Crippen LogP contribution < -0.4 is 0 Å². The predicted octanol–water partition coefficient (Wildman–Crippen LogP) is 4.38. The molecule has 68 valence electrons. The minimum absolute atomic E-state index is 1.13. The van der Waals surface area contributed by atoms with Gasteiger partial charge in [0, 0.05) is 8.27 Å². The van der Waals surface area contributed by atoms with E-state index in [4.69, 9.17) is 0 Å². The number of fused-ring (bicyclic) bond motifs is 1. The Kier molecular flexibility index (Phi) is 2.60. The minimum atomic E-state index is 1.13. The molecule has 0 N–H and O–H groups in total. The molecule has 13 heavy (non-hydrogen) atoms. The molecule has 2 heteroatoms. The van der Waals surface area contributed by atoms with Gasteiger partial charge in [0.15, 0.2) is 0 Å². The van der Waals surface area contributed by atoms with Crippen LogP contribution >= 0.6 is 33.9 Å². The smallest absolute Gasteiger partial charge is 0.0356 e. The van der Waals surface area contributed by atoms with E-state index >= 15 is 0 Å². The molecule has 0 atom stereocenters. The second kappa shape index (κ2) is 3.58. The third kappa shape index (κ3) is 1.50. The van der Waals surface area contributed by atoms with Crippen molar-refractivity contribution in [2.24, 2.45) is 0 Å². The van der Waals surface area contributed by atoms with Crippen molar-refractivity contribution in [2.75, 3.05) is 0 Å². The van der Waals surface area contributed by atoms with Crippen molar-refractivity contribution in [1.82, 2.24) is 0 Å². The van der Waals surface area contributed by atoms with Crippen LogP contribution in [0.15, 0.2) is 17.5 Å². The number of hydrogen-bond donors (Lipinski definition) is 0. The van der Waals surface area contributed by atoms with Crippen molar-refractivity contribution in [1.29, 1.82) is 0 Å². The summed E-state index contributed by atoms with van der Waals surface area (Å²) in [5, 5.41) is 3.61. The molecule has 0 spiro atoms. The van der Waals surface area contributed by atoms with Crippen LogP contribution in [0.3, 0.4) is 0 Å². The van der Waals surface area contributed by atoms with E-state index in [1.54, 1.807) is 0 Å². The fraction of sp³-hybridized carbons (Fsp3) is 0.273. The Bertz CT molecular complexity index is 443. The molecule has 0 saturated carbocycles. The highest BCUT2D eigenvalue weighted by atomic mass is 127. The van der Waals surface area contributed by atoms with E-state index in [2.05, 4.69) is 54.0 Å². The van der Waals surface area contributed by atoms with Crippen LogP contribution in [0.4, 0.5) is 0 Å². The lowest BCUT2D eigenvalue weighted by Gasteiger charge is -2.07. The molecule has 1 aromatic heterocycles. The highest BCUT2D eigenvalue weighted by Crippen LogP contribution is 2.30. The SMILES string of the molecule is CCc1c(I)cc2sccc2c1C. The molecule has 0 amide bonds. The van der Waals surface area contributed by atoms with Gasteiger partial charge < -0.3 is 0 Å². The van der Waals surface area contributed by atoms with Crippen molar-refractivity contribution in [3.63, 3.8) is 0 Å². The van der Waals surface area contributed by atoms with E-state index in [0.717, 1.165) is 6.42 Å². The molecular weight excluding hydrogens is 291 g/mol. The summed E-state index contributed by atoms with van der Waals surface area (Å²) in [4.78, 5) is 0. The fourth-order valence-electron chi connectivity index (χ4n) is 1.72. The van der Waals surface area contributed by atoms with Crippen LogP contribution in [0.25, 0.3) is 10.1 Å². The molecule has 0 saturated heterocycles. The molecule has 0 radical (unpaired) electrons. The third-order valence-electron chi connectivity index (χ3n) is 2.45. The zero-order valence-corrected chi connectivity index (χ0v) is 10.7. The highest BCUT2D eigenvalue weighted by Gasteiger charge is 2.07. The molecule has 0 aliphatic heterocycles. The number of rotatable bonds is 1. The zero-order valence-electron chi connectivity index (χ0n) is 7.73. The monoisotopic (exact) mass is 302 g/mol. The maximum absolute atomic E-state index is 2.44. The Hall–Kier alpha value is -0.0900. The number of halogens is 1. The Morgan fingerprint density at radius 1 is 1.46 bits per heavy atom. The lowest BCUT2D eigenvalue weighted by Crippen LogP contribution is -1.90. The maximum Gasteiger partial charge on any atom is 0.0356 e. The van der Waals surface area contributed by atoms with E-state index in [1.165, 1.54) is 24.8 Å². The fourth-order valence-corrected chi connectivity index (χ4v) is 3.91. The van der Waals surface area contributed by atoms with Gasteiger partial charge >= 0.3 is 0 Å². The second-order valence-electron chi connectivity index (χ2n) is 3.15. The van der Waals surface area contributed by atoms with E-state index in [1.807, 2.05) is 11.3 Å². The summed E-state index contributed by atoms with van der Waals surface area (Å²) in [6, 6.07) is 4.52. The van der Waals surface area contributed by atoms with E-state index in [0.29, 0.717) is 0 Å². The predicted molar refractivity (Wildman–Crippen MR) is 68.7 cm³/mol. The topological polar surface area (TPSA) is 0 Å². The Labute approximate surface area is 96.1 Å². The minimum Gasteiger partial charge on any atom is -0.144 e. The van der Waals surface area contributed by atoms with Crippen LogP contribution in [0.2, 0.25) is 0 Å². The van der Waals surface area contributed by atoms with Crippen molar-refractivity contribution < 1.29 is 0 Å². The van der Waals surface area contributed by atoms with Crippen molar-refractivity contribution in [2.45, 2.75) is 20.3 Å². The standard InChI is InChI=1S/C11H11IS/c1-3-8-7(2)9-4-5-13-11(9)6-10(8)12/h4-6H,3H2,1-2H3. The zero-order chi connectivity index (χ0) is 9.42. The van der Waals surface area contributed by atoms with Crippen LogP contribution in [0.1, 0.15) is 18.1 Å². The summed E-state index contributed by atoms with van der Waals surface area (Å²) in [5.74, 6) is 0. The van der Waals surface area contributed by atoms with E-state index < -0.39 is 0 Å². The van der Waals surface area contributed by atoms with Gasteiger partial charge in [-0.2, -0.15) is 0 Å². The second-order valence-corrected chi connectivity index (χ2v) is 5.26. The molecular formula is C11H11IS. The first kappa shape index (κ1) is 9.46. The van der Waals surface area contributed by atoms with Gasteiger partial charge in [0.2, 0.25) is 0 Å². The summed E-state index contributed by atoms with van der Waals surface area (Å²) >= 11 is 4.27. The van der Waals surface area contributed by atoms with Gasteiger partial charge in [0.05, 0.1) is 0 Å². The molecule has 2 rings (SSSR count). The molecule has 0 fully saturated rings. The molecule has 0 aliphatic carbocycles. The first-order valence-corrected chi connectivity index (χ1v) is 6.35. The van der Waals surface area contributed by atoms with Gasteiger partial charge in [-0.25, -0.2) is 0 Å². The normalized spacial score (nSPS) is 11.0. The molecule has 1 heterocycles. The first-order valence-electron chi connectivity index (χ1n) is 4.39. The Morgan fingerprint density at radius 3 is 2.92 bits per heavy atom. The average molecular weight is 302 g/mol. The number of thiophene rings is 1. The summed E-state index contributed by atoms with van der Waals surface area (Å²) in [6.07, 6.45) is 1.13. The van der Waals surface area contributed by atoms with Crippen LogP contribution in [-0.4, -0.2) is 0 Å².